The van der Waals surface area contributed by atoms with Gasteiger partial charge in [0.15, 0.2) is 6.61 Å². The first-order chi connectivity index (χ1) is 12.8. The van der Waals surface area contributed by atoms with Crippen LogP contribution in [0.2, 0.25) is 0 Å². The van der Waals surface area contributed by atoms with Gasteiger partial charge in [-0.25, -0.2) is 4.79 Å². The van der Waals surface area contributed by atoms with Crippen LogP contribution >= 0.6 is 0 Å². The molecule has 5 nitrogen and oxygen atoms in total. The number of amides is 1. The van der Waals surface area contributed by atoms with Crippen LogP contribution in [0, 0.1) is 0 Å². The fourth-order valence-electron chi connectivity index (χ4n) is 2.29. The molecule has 0 bridgehead atoms. The SMILES string of the molecule is COC(=O)c1ccc(CCNC(=O)COc2ccccc2C(F)(F)F)cc1. The van der Waals surface area contributed by atoms with Crippen LogP contribution in [0.3, 0.4) is 0 Å². The molecule has 0 radical (unpaired) electrons. The number of carbonyl (C=O) groups is 2. The number of hydrogen-bond acceptors (Lipinski definition) is 4. The minimum atomic E-state index is -4.55. The highest BCUT2D eigenvalue weighted by atomic mass is 19.4. The number of esters is 1. The predicted octanol–water partition coefficient (Wildman–Crippen LogP) is 3.23. The highest BCUT2D eigenvalue weighted by Crippen LogP contribution is 2.35. The van der Waals surface area contributed by atoms with Crippen molar-refractivity contribution in [3.8, 4) is 5.75 Å². The lowest BCUT2D eigenvalue weighted by atomic mass is 10.1. The summed E-state index contributed by atoms with van der Waals surface area (Å²) >= 11 is 0. The molecule has 0 aliphatic carbocycles. The van der Waals surface area contributed by atoms with Crippen LogP contribution in [0.25, 0.3) is 0 Å². The average Bonchev–Trinajstić information content (AvgIpc) is 2.66. The molecule has 0 aliphatic rings. The Morgan fingerprint density at radius 2 is 1.70 bits per heavy atom. The Morgan fingerprint density at radius 1 is 1.04 bits per heavy atom. The van der Waals surface area contributed by atoms with Crippen molar-refractivity contribution < 1.29 is 32.2 Å². The predicted molar refractivity (Wildman–Crippen MR) is 91.4 cm³/mol. The van der Waals surface area contributed by atoms with Gasteiger partial charge in [-0.3, -0.25) is 4.79 Å². The van der Waals surface area contributed by atoms with Gasteiger partial charge in [0, 0.05) is 6.54 Å². The maximum absolute atomic E-state index is 12.9. The molecule has 2 aromatic carbocycles. The first-order valence-electron chi connectivity index (χ1n) is 8.04. The number of carbonyl (C=O) groups excluding carboxylic acids is 2. The molecule has 0 fully saturated rings. The zero-order chi connectivity index (χ0) is 19.9. The number of alkyl halides is 3. The monoisotopic (exact) mass is 381 g/mol. The minimum absolute atomic E-state index is 0.278. The molecule has 27 heavy (non-hydrogen) atoms. The molecule has 1 amide bonds. The Bertz CT molecular complexity index is 788. The van der Waals surface area contributed by atoms with Gasteiger partial charge in [0.05, 0.1) is 18.2 Å². The van der Waals surface area contributed by atoms with Gasteiger partial charge in [-0.2, -0.15) is 13.2 Å². The largest absolute Gasteiger partial charge is 0.483 e. The summed E-state index contributed by atoms with van der Waals surface area (Å²) in [7, 11) is 1.29. The second-order valence-electron chi connectivity index (χ2n) is 5.57. The Labute approximate surface area is 154 Å². The molecule has 0 unspecified atom stereocenters. The van der Waals surface area contributed by atoms with E-state index in [2.05, 4.69) is 10.1 Å². The summed E-state index contributed by atoms with van der Waals surface area (Å²) in [6, 6.07) is 11.4. The number of halogens is 3. The van der Waals surface area contributed by atoms with E-state index in [1.54, 1.807) is 24.3 Å². The fraction of sp³-hybridized carbons (Fsp3) is 0.263. The summed E-state index contributed by atoms with van der Waals surface area (Å²) in [5.41, 5.74) is 0.372. The van der Waals surface area contributed by atoms with E-state index in [1.165, 1.54) is 25.3 Å². The van der Waals surface area contributed by atoms with Gasteiger partial charge in [0.2, 0.25) is 0 Å². The first-order valence-corrected chi connectivity index (χ1v) is 8.04. The number of para-hydroxylation sites is 1. The number of benzene rings is 2. The molecule has 0 saturated carbocycles. The van der Waals surface area contributed by atoms with Crippen molar-refractivity contribution in [2.45, 2.75) is 12.6 Å². The van der Waals surface area contributed by atoms with Crippen molar-refractivity contribution in [1.29, 1.82) is 0 Å². The minimum Gasteiger partial charge on any atom is -0.483 e. The van der Waals surface area contributed by atoms with Crippen molar-refractivity contribution in [1.82, 2.24) is 5.32 Å². The maximum Gasteiger partial charge on any atom is 0.419 e. The third-order valence-corrected chi connectivity index (χ3v) is 3.66. The lowest BCUT2D eigenvalue weighted by molar-refractivity contribution is -0.139. The van der Waals surface area contributed by atoms with Gasteiger partial charge in [-0.05, 0) is 36.2 Å². The summed E-state index contributed by atoms with van der Waals surface area (Å²) in [5, 5.41) is 2.57. The van der Waals surface area contributed by atoms with Gasteiger partial charge in [0.25, 0.3) is 5.91 Å². The van der Waals surface area contributed by atoms with Crippen LogP contribution in [0.1, 0.15) is 21.5 Å². The second-order valence-corrected chi connectivity index (χ2v) is 5.57. The van der Waals surface area contributed by atoms with E-state index in [-0.39, 0.29) is 6.54 Å². The number of ether oxygens (including phenoxy) is 2. The van der Waals surface area contributed by atoms with Crippen LogP contribution in [-0.2, 0) is 22.1 Å². The third kappa shape index (κ3) is 6.02. The zero-order valence-electron chi connectivity index (χ0n) is 14.5. The third-order valence-electron chi connectivity index (χ3n) is 3.66. The van der Waals surface area contributed by atoms with E-state index in [0.717, 1.165) is 11.6 Å². The standard InChI is InChI=1S/C19H18F3NO4/c1-26-18(25)14-8-6-13(7-9-14)10-11-23-17(24)12-27-16-5-3-2-4-15(16)19(20,21)22/h2-9H,10-12H2,1H3,(H,23,24). The lowest BCUT2D eigenvalue weighted by Crippen LogP contribution is -2.30. The molecule has 2 rings (SSSR count). The molecule has 1 N–H and O–H groups in total. The van der Waals surface area contributed by atoms with Crippen molar-refractivity contribution in [3.05, 3.63) is 65.2 Å². The fourth-order valence-corrected chi connectivity index (χ4v) is 2.29. The zero-order valence-corrected chi connectivity index (χ0v) is 14.5. The van der Waals surface area contributed by atoms with E-state index >= 15 is 0 Å². The van der Waals surface area contributed by atoms with E-state index in [9.17, 15) is 22.8 Å². The first kappa shape index (κ1) is 20.3. The molecule has 0 heterocycles. The maximum atomic E-state index is 12.9. The van der Waals surface area contributed by atoms with Gasteiger partial charge < -0.3 is 14.8 Å². The molecule has 0 aromatic heterocycles. The molecule has 2 aromatic rings. The molecule has 0 aliphatic heterocycles. The van der Waals surface area contributed by atoms with Crippen molar-refractivity contribution in [2.75, 3.05) is 20.3 Å². The van der Waals surface area contributed by atoms with Gasteiger partial charge in [0.1, 0.15) is 5.75 Å². The Morgan fingerprint density at radius 3 is 2.33 bits per heavy atom. The van der Waals surface area contributed by atoms with E-state index in [0.29, 0.717) is 12.0 Å². The molecule has 0 atom stereocenters. The summed E-state index contributed by atoms with van der Waals surface area (Å²) in [5.74, 6) is -1.36. The Balaban J connectivity index is 1.80. The Kier molecular flexibility index (Phi) is 6.81. The molecule has 8 heteroatoms. The number of hydrogen-bond donors (Lipinski definition) is 1. The van der Waals surface area contributed by atoms with E-state index in [1.807, 2.05) is 0 Å². The smallest absolute Gasteiger partial charge is 0.419 e. The molecule has 144 valence electrons. The summed E-state index contributed by atoms with van der Waals surface area (Å²) in [4.78, 5) is 23.1. The van der Waals surface area contributed by atoms with Gasteiger partial charge >= 0.3 is 12.1 Å². The summed E-state index contributed by atoms with van der Waals surface area (Å²) < 4.78 is 48.2. The van der Waals surface area contributed by atoms with Crippen LogP contribution < -0.4 is 10.1 Å². The van der Waals surface area contributed by atoms with Crippen molar-refractivity contribution >= 4 is 11.9 Å². The quantitative estimate of drug-likeness (QED) is 0.748. The lowest BCUT2D eigenvalue weighted by Gasteiger charge is -2.13. The average molecular weight is 381 g/mol. The molecular formula is C19H18F3NO4. The summed E-state index contributed by atoms with van der Waals surface area (Å²) in [6.45, 7) is -0.241. The summed E-state index contributed by atoms with van der Waals surface area (Å²) in [6.07, 6.45) is -4.06. The molecule has 0 spiro atoms. The second kappa shape index (κ2) is 9.07. The van der Waals surface area contributed by atoms with Crippen LogP contribution in [-0.4, -0.2) is 32.1 Å². The molecular weight excluding hydrogens is 363 g/mol. The van der Waals surface area contributed by atoms with Gasteiger partial charge in [-0.15, -0.1) is 0 Å². The van der Waals surface area contributed by atoms with Crippen molar-refractivity contribution in [2.24, 2.45) is 0 Å². The van der Waals surface area contributed by atoms with Crippen LogP contribution in [0.4, 0.5) is 13.2 Å². The topological polar surface area (TPSA) is 64.6 Å². The normalized spacial score (nSPS) is 11.0. The number of methoxy groups -OCH3 is 1. The van der Waals surface area contributed by atoms with Crippen molar-refractivity contribution in [3.63, 3.8) is 0 Å². The Hall–Kier alpha value is -3.03. The highest BCUT2D eigenvalue weighted by Gasteiger charge is 2.34. The number of rotatable bonds is 7. The van der Waals surface area contributed by atoms with Crippen LogP contribution in [0.15, 0.2) is 48.5 Å². The van der Waals surface area contributed by atoms with E-state index < -0.39 is 36.0 Å². The highest BCUT2D eigenvalue weighted by molar-refractivity contribution is 5.89. The van der Waals surface area contributed by atoms with Crippen LogP contribution in [0.5, 0.6) is 5.75 Å². The number of nitrogens with one attached hydrogen (secondary N) is 1. The van der Waals surface area contributed by atoms with Gasteiger partial charge in [-0.1, -0.05) is 24.3 Å². The van der Waals surface area contributed by atoms with E-state index in [4.69, 9.17) is 4.74 Å². The molecule has 0 saturated heterocycles.